The number of methoxy groups -OCH3 is 1. The van der Waals surface area contributed by atoms with Gasteiger partial charge in [-0.2, -0.15) is 0 Å². The molecule has 3 amide bonds. The summed E-state index contributed by atoms with van der Waals surface area (Å²) in [6.45, 7) is 1.89. The Morgan fingerprint density at radius 3 is 2.73 bits per heavy atom. The fourth-order valence-corrected chi connectivity index (χ4v) is 2.76. The third-order valence-electron chi connectivity index (χ3n) is 4.07. The molecule has 134 valence electrons. The molecule has 1 heterocycles. The molecule has 2 aromatic carbocycles. The van der Waals surface area contributed by atoms with E-state index < -0.39 is 23.8 Å². The van der Waals surface area contributed by atoms with Crippen LogP contribution < -0.4 is 20.7 Å². The molecule has 0 radical (unpaired) electrons. The molecule has 0 saturated heterocycles. The lowest BCUT2D eigenvalue weighted by Gasteiger charge is -2.15. The maximum absolute atomic E-state index is 12.4. The van der Waals surface area contributed by atoms with Gasteiger partial charge in [0.1, 0.15) is 11.8 Å². The number of rotatable bonds is 4. The number of benzene rings is 2. The van der Waals surface area contributed by atoms with E-state index in [9.17, 15) is 14.4 Å². The summed E-state index contributed by atoms with van der Waals surface area (Å²) in [5.41, 5.74) is 2.26. The fourth-order valence-electron chi connectivity index (χ4n) is 2.76. The summed E-state index contributed by atoms with van der Waals surface area (Å²) < 4.78 is 5.23. The number of hydrogen-bond acceptors (Lipinski definition) is 4. The molecule has 3 rings (SSSR count). The van der Waals surface area contributed by atoms with Gasteiger partial charge in [0.05, 0.1) is 30.5 Å². The summed E-state index contributed by atoms with van der Waals surface area (Å²) in [5, 5.41) is 8.01. The molecule has 1 atom stereocenters. The SMILES string of the molecule is COc1ccc(C)cc1NC(=O)C[C@H]1NC(=O)c2ccccc2NC1=O. The van der Waals surface area contributed by atoms with E-state index in [1.807, 2.05) is 13.0 Å². The van der Waals surface area contributed by atoms with Crippen molar-refractivity contribution in [2.75, 3.05) is 17.7 Å². The highest BCUT2D eigenvalue weighted by atomic mass is 16.5. The molecule has 7 nitrogen and oxygen atoms in total. The molecule has 0 fully saturated rings. The zero-order chi connectivity index (χ0) is 18.7. The van der Waals surface area contributed by atoms with Gasteiger partial charge in [-0.25, -0.2) is 0 Å². The summed E-state index contributed by atoms with van der Waals surface area (Å²) in [6.07, 6.45) is -0.192. The Kier molecular flexibility index (Phi) is 4.88. The van der Waals surface area contributed by atoms with Crippen LogP contribution >= 0.6 is 0 Å². The summed E-state index contributed by atoms with van der Waals surface area (Å²) in [6, 6.07) is 11.1. The van der Waals surface area contributed by atoms with Gasteiger partial charge in [-0.3, -0.25) is 14.4 Å². The van der Waals surface area contributed by atoms with Crippen LogP contribution in [0.25, 0.3) is 0 Å². The molecule has 0 aliphatic carbocycles. The number of amides is 3. The molecule has 1 aliphatic rings. The summed E-state index contributed by atoms with van der Waals surface area (Å²) in [7, 11) is 1.51. The topological polar surface area (TPSA) is 96.5 Å². The van der Waals surface area contributed by atoms with Crippen LogP contribution in [0.3, 0.4) is 0 Å². The van der Waals surface area contributed by atoms with E-state index in [1.165, 1.54) is 7.11 Å². The molecule has 1 aliphatic heterocycles. The van der Waals surface area contributed by atoms with E-state index in [4.69, 9.17) is 4.74 Å². The quantitative estimate of drug-likeness (QED) is 0.784. The maximum atomic E-state index is 12.4. The Morgan fingerprint density at radius 1 is 1.19 bits per heavy atom. The molecule has 0 aromatic heterocycles. The van der Waals surface area contributed by atoms with Gasteiger partial charge in [-0.1, -0.05) is 18.2 Å². The van der Waals surface area contributed by atoms with E-state index in [2.05, 4.69) is 16.0 Å². The van der Waals surface area contributed by atoms with Crippen LogP contribution in [0.5, 0.6) is 5.75 Å². The van der Waals surface area contributed by atoms with Crippen molar-refractivity contribution >= 4 is 29.1 Å². The Labute approximate surface area is 150 Å². The smallest absolute Gasteiger partial charge is 0.254 e. The van der Waals surface area contributed by atoms with Crippen molar-refractivity contribution in [2.45, 2.75) is 19.4 Å². The average Bonchev–Trinajstić information content (AvgIpc) is 2.72. The van der Waals surface area contributed by atoms with Gasteiger partial charge in [0.2, 0.25) is 11.8 Å². The van der Waals surface area contributed by atoms with Gasteiger partial charge in [0.25, 0.3) is 5.91 Å². The molecule has 0 unspecified atom stereocenters. The minimum Gasteiger partial charge on any atom is -0.495 e. The van der Waals surface area contributed by atoms with Crippen molar-refractivity contribution in [3.05, 3.63) is 53.6 Å². The third-order valence-corrected chi connectivity index (χ3v) is 4.07. The lowest BCUT2D eigenvalue weighted by Crippen LogP contribution is -2.43. The van der Waals surface area contributed by atoms with Gasteiger partial charge < -0.3 is 20.7 Å². The van der Waals surface area contributed by atoms with E-state index >= 15 is 0 Å². The second kappa shape index (κ2) is 7.26. The van der Waals surface area contributed by atoms with Crippen molar-refractivity contribution in [1.29, 1.82) is 0 Å². The first kappa shape index (κ1) is 17.5. The lowest BCUT2D eigenvalue weighted by atomic mass is 10.1. The third kappa shape index (κ3) is 3.66. The van der Waals surface area contributed by atoms with Crippen LogP contribution in [0, 0.1) is 6.92 Å². The standard InChI is InChI=1S/C19H19N3O4/c1-11-7-8-16(26-2)14(9-11)20-17(23)10-15-19(25)21-13-6-4-3-5-12(13)18(24)22-15/h3-9,15H,10H2,1-2H3,(H,20,23)(H,21,25)(H,22,24)/t15-/m1/s1. The number of para-hydroxylation sites is 1. The molecule has 0 saturated carbocycles. The molecule has 2 aromatic rings. The van der Waals surface area contributed by atoms with Crippen LogP contribution in [0.15, 0.2) is 42.5 Å². The van der Waals surface area contributed by atoms with E-state index in [0.717, 1.165) is 5.56 Å². The predicted octanol–water partition coefficient (Wildman–Crippen LogP) is 2.08. The summed E-state index contributed by atoms with van der Waals surface area (Å²) in [5.74, 6) is -0.717. The summed E-state index contributed by atoms with van der Waals surface area (Å²) >= 11 is 0. The molecular weight excluding hydrogens is 334 g/mol. The van der Waals surface area contributed by atoms with E-state index in [-0.39, 0.29) is 6.42 Å². The van der Waals surface area contributed by atoms with Gasteiger partial charge in [0, 0.05) is 0 Å². The van der Waals surface area contributed by atoms with Crippen LogP contribution in [0.1, 0.15) is 22.3 Å². The second-order valence-electron chi connectivity index (χ2n) is 6.02. The first-order chi connectivity index (χ1) is 12.5. The number of hydrogen-bond donors (Lipinski definition) is 3. The van der Waals surface area contributed by atoms with Crippen molar-refractivity contribution in [1.82, 2.24) is 5.32 Å². The van der Waals surface area contributed by atoms with Crippen molar-refractivity contribution in [3.63, 3.8) is 0 Å². The monoisotopic (exact) mass is 353 g/mol. The van der Waals surface area contributed by atoms with Gasteiger partial charge >= 0.3 is 0 Å². The van der Waals surface area contributed by atoms with E-state index in [1.54, 1.807) is 36.4 Å². The van der Waals surface area contributed by atoms with Crippen LogP contribution in [-0.2, 0) is 9.59 Å². The van der Waals surface area contributed by atoms with Crippen molar-refractivity contribution in [2.24, 2.45) is 0 Å². The minimum absolute atomic E-state index is 0.192. The number of aryl methyl sites for hydroxylation is 1. The Balaban J connectivity index is 1.73. The zero-order valence-electron chi connectivity index (χ0n) is 14.5. The highest BCUT2D eigenvalue weighted by Gasteiger charge is 2.29. The summed E-state index contributed by atoms with van der Waals surface area (Å²) in [4.78, 5) is 37.0. The van der Waals surface area contributed by atoms with E-state index in [0.29, 0.717) is 22.7 Å². The normalized spacial score (nSPS) is 16.0. The average molecular weight is 353 g/mol. The number of carbonyl (C=O) groups excluding carboxylic acids is 3. The fraction of sp³-hybridized carbons (Fsp3) is 0.211. The maximum Gasteiger partial charge on any atom is 0.254 e. The Morgan fingerprint density at radius 2 is 1.96 bits per heavy atom. The predicted molar refractivity (Wildman–Crippen MR) is 97.3 cm³/mol. The first-order valence-corrected chi connectivity index (χ1v) is 8.13. The van der Waals surface area contributed by atoms with Gasteiger partial charge in [-0.05, 0) is 36.8 Å². The number of fused-ring (bicyclic) bond motifs is 1. The number of carbonyl (C=O) groups is 3. The number of nitrogens with one attached hydrogen (secondary N) is 3. The molecule has 7 heteroatoms. The molecule has 3 N–H and O–H groups in total. The van der Waals surface area contributed by atoms with Crippen molar-refractivity contribution < 1.29 is 19.1 Å². The lowest BCUT2D eigenvalue weighted by molar-refractivity contribution is -0.122. The van der Waals surface area contributed by atoms with Gasteiger partial charge in [0.15, 0.2) is 0 Å². The molecule has 0 spiro atoms. The zero-order valence-corrected chi connectivity index (χ0v) is 14.5. The largest absolute Gasteiger partial charge is 0.495 e. The minimum atomic E-state index is -0.967. The molecule has 26 heavy (non-hydrogen) atoms. The molecular formula is C19H19N3O4. The highest BCUT2D eigenvalue weighted by molar-refractivity contribution is 6.11. The van der Waals surface area contributed by atoms with Crippen LogP contribution in [0.4, 0.5) is 11.4 Å². The Hall–Kier alpha value is -3.35. The van der Waals surface area contributed by atoms with Crippen molar-refractivity contribution in [3.8, 4) is 5.75 Å². The number of ether oxygens (including phenoxy) is 1. The Bertz CT molecular complexity index is 879. The highest BCUT2D eigenvalue weighted by Crippen LogP contribution is 2.25. The number of anilines is 2. The van der Waals surface area contributed by atoms with Crippen LogP contribution in [-0.4, -0.2) is 30.9 Å². The first-order valence-electron chi connectivity index (χ1n) is 8.13. The molecule has 0 bridgehead atoms. The second-order valence-corrected chi connectivity index (χ2v) is 6.02. The van der Waals surface area contributed by atoms with Gasteiger partial charge in [-0.15, -0.1) is 0 Å². The van der Waals surface area contributed by atoms with Crippen LogP contribution in [0.2, 0.25) is 0 Å².